The molecule has 34 heavy (non-hydrogen) atoms. The largest absolute Gasteiger partial charge is 0.507 e. The lowest BCUT2D eigenvalue weighted by atomic mass is 9.94. The number of nitrogens with zero attached hydrogens (tertiary/aromatic N) is 2. The van der Waals surface area contributed by atoms with Crippen molar-refractivity contribution in [1.29, 1.82) is 0 Å². The quantitative estimate of drug-likeness (QED) is 0.330. The lowest BCUT2D eigenvalue weighted by Gasteiger charge is -2.28. The van der Waals surface area contributed by atoms with E-state index in [1.165, 1.54) is 18.1 Å². The summed E-state index contributed by atoms with van der Waals surface area (Å²) in [5, 5.41) is 21.3. The SMILES string of the molecule is CCN(CC)CCN1C(=O)C(=O)C(=C(O)c2ccc(OC)c(C)c2)[C@@H]1c1ccc(O)c(OC)c1. The lowest BCUT2D eigenvalue weighted by molar-refractivity contribution is -0.140. The highest BCUT2D eigenvalue weighted by molar-refractivity contribution is 6.46. The summed E-state index contributed by atoms with van der Waals surface area (Å²) in [6.45, 7) is 8.40. The van der Waals surface area contributed by atoms with E-state index in [-0.39, 0.29) is 22.8 Å². The van der Waals surface area contributed by atoms with E-state index in [0.717, 1.165) is 18.7 Å². The monoisotopic (exact) mass is 468 g/mol. The maximum atomic E-state index is 13.2. The van der Waals surface area contributed by atoms with Crippen molar-refractivity contribution in [3.8, 4) is 17.2 Å². The number of ketones is 1. The van der Waals surface area contributed by atoms with Crippen LogP contribution < -0.4 is 9.47 Å². The van der Waals surface area contributed by atoms with E-state index >= 15 is 0 Å². The van der Waals surface area contributed by atoms with Crippen LogP contribution in [0.15, 0.2) is 42.0 Å². The fourth-order valence-electron chi connectivity index (χ4n) is 4.29. The zero-order valence-electron chi connectivity index (χ0n) is 20.3. The maximum Gasteiger partial charge on any atom is 0.295 e. The van der Waals surface area contributed by atoms with Gasteiger partial charge in [0.2, 0.25) is 0 Å². The molecule has 1 atom stereocenters. The smallest absolute Gasteiger partial charge is 0.295 e. The fraction of sp³-hybridized carbons (Fsp3) is 0.385. The molecule has 0 bridgehead atoms. The van der Waals surface area contributed by atoms with Gasteiger partial charge < -0.3 is 29.5 Å². The molecule has 0 aliphatic carbocycles. The highest BCUT2D eigenvalue weighted by atomic mass is 16.5. The van der Waals surface area contributed by atoms with E-state index in [0.29, 0.717) is 30.0 Å². The number of amides is 1. The van der Waals surface area contributed by atoms with Gasteiger partial charge in [0.05, 0.1) is 25.8 Å². The van der Waals surface area contributed by atoms with Crippen molar-refractivity contribution in [3.63, 3.8) is 0 Å². The van der Waals surface area contributed by atoms with Crippen LogP contribution in [0.25, 0.3) is 5.76 Å². The number of hydrogen-bond acceptors (Lipinski definition) is 7. The first-order chi connectivity index (χ1) is 16.3. The molecule has 8 heteroatoms. The third-order valence-corrected chi connectivity index (χ3v) is 6.28. The highest BCUT2D eigenvalue weighted by Gasteiger charge is 2.46. The van der Waals surface area contributed by atoms with Gasteiger partial charge in [0.25, 0.3) is 11.7 Å². The minimum absolute atomic E-state index is 0.00172. The first-order valence-corrected chi connectivity index (χ1v) is 11.3. The number of methoxy groups -OCH3 is 2. The number of aliphatic hydroxyl groups excluding tert-OH is 1. The highest BCUT2D eigenvalue weighted by Crippen LogP contribution is 2.42. The van der Waals surface area contributed by atoms with Crippen molar-refractivity contribution in [1.82, 2.24) is 9.80 Å². The zero-order valence-corrected chi connectivity index (χ0v) is 20.3. The third-order valence-electron chi connectivity index (χ3n) is 6.28. The van der Waals surface area contributed by atoms with Gasteiger partial charge in [0, 0.05) is 18.7 Å². The second-order valence-electron chi connectivity index (χ2n) is 8.14. The Hall–Kier alpha value is -3.52. The topological polar surface area (TPSA) is 99.5 Å². The summed E-state index contributed by atoms with van der Waals surface area (Å²) in [4.78, 5) is 30.0. The Morgan fingerprint density at radius 1 is 1.03 bits per heavy atom. The average molecular weight is 469 g/mol. The summed E-state index contributed by atoms with van der Waals surface area (Å²) in [6, 6.07) is 8.92. The van der Waals surface area contributed by atoms with Crippen LogP contribution in [0.2, 0.25) is 0 Å². The Kier molecular flexibility index (Phi) is 7.83. The number of carbonyl (C=O) groups is 2. The number of aliphatic hydroxyl groups is 1. The van der Waals surface area contributed by atoms with Crippen molar-refractivity contribution >= 4 is 17.4 Å². The number of ether oxygens (including phenoxy) is 2. The Morgan fingerprint density at radius 2 is 1.71 bits per heavy atom. The molecule has 1 heterocycles. The fourth-order valence-corrected chi connectivity index (χ4v) is 4.29. The molecular weight excluding hydrogens is 436 g/mol. The van der Waals surface area contributed by atoms with Crippen molar-refractivity contribution < 1.29 is 29.3 Å². The summed E-state index contributed by atoms with van der Waals surface area (Å²) in [5.74, 6) is -0.870. The molecule has 0 saturated carbocycles. The molecule has 2 aromatic rings. The number of hydrogen-bond donors (Lipinski definition) is 2. The van der Waals surface area contributed by atoms with Gasteiger partial charge >= 0.3 is 0 Å². The van der Waals surface area contributed by atoms with Crippen molar-refractivity contribution in [2.24, 2.45) is 0 Å². The molecule has 0 unspecified atom stereocenters. The van der Waals surface area contributed by atoms with Crippen LogP contribution in [0.4, 0.5) is 0 Å². The molecule has 1 aliphatic heterocycles. The molecule has 3 rings (SSSR count). The number of likely N-dealkylation sites (N-methyl/N-ethyl adjacent to an activating group) is 1. The van der Waals surface area contributed by atoms with Crippen LogP contribution in [0.3, 0.4) is 0 Å². The number of aromatic hydroxyl groups is 1. The standard InChI is InChI=1S/C26H32N2O6/c1-6-27(7-2)12-13-28-23(17-8-10-19(29)21(15-17)34-5)22(25(31)26(28)32)24(30)18-9-11-20(33-4)16(3)14-18/h8-11,14-15,23,29-30H,6-7,12-13H2,1-5H3/t23-/m0/s1. The summed E-state index contributed by atoms with van der Waals surface area (Å²) < 4.78 is 10.5. The van der Waals surface area contributed by atoms with Gasteiger partial charge in [0.15, 0.2) is 11.5 Å². The second kappa shape index (κ2) is 10.6. The molecule has 182 valence electrons. The molecule has 2 aromatic carbocycles. The van der Waals surface area contributed by atoms with Gasteiger partial charge in [-0.3, -0.25) is 9.59 Å². The zero-order chi connectivity index (χ0) is 25.0. The number of likely N-dealkylation sites (tertiary alicyclic amines) is 1. The Morgan fingerprint density at radius 3 is 2.29 bits per heavy atom. The van der Waals surface area contributed by atoms with Crippen molar-refractivity contribution in [3.05, 3.63) is 58.7 Å². The van der Waals surface area contributed by atoms with E-state index in [2.05, 4.69) is 4.90 Å². The molecule has 2 N–H and O–H groups in total. The first-order valence-electron chi connectivity index (χ1n) is 11.3. The third kappa shape index (κ3) is 4.72. The van der Waals surface area contributed by atoms with Gasteiger partial charge in [-0.1, -0.05) is 19.9 Å². The van der Waals surface area contributed by atoms with Gasteiger partial charge in [-0.2, -0.15) is 0 Å². The van der Waals surface area contributed by atoms with Crippen LogP contribution in [0.5, 0.6) is 17.2 Å². The Labute approximate surface area is 200 Å². The summed E-state index contributed by atoms with van der Waals surface area (Å²) in [5.41, 5.74) is 1.75. The Balaban J connectivity index is 2.16. The molecule has 8 nitrogen and oxygen atoms in total. The number of aryl methyl sites for hydroxylation is 1. The van der Waals surface area contributed by atoms with Gasteiger partial charge in [0.1, 0.15) is 11.5 Å². The molecule has 0 aromatic heterocycles. The Bertz CT molecular complexity index is 1110. The number of benzene rings is 2. The molecular formula is C26H32N2O6. The van der Waals surface area contributed by atoms with Crippen LogP contribution >= 0.6 is 0 Å². The minimum atomic E-state index is -0.826. The average Bonchev–Trinajstić information content (AvgIpc) is 3.09. The van der Waals surface area contributed by atoms with Gasteiger partial charge in [-0.25, -0.2) is 0 Å². The minimum Gasteiger partial charge on any atom is -0.507 e. The van der Waals surface area contributed by atoms with Crippen molar-refractivity contribution in [2.75, 3.05) is 40.4 Å². The normalized spacial score (nSPS) is 17.5. The number of Topliss-reactive ketones (excluding diaryl/α,β-unsaturated/α-hetero) is 1. The predicted molar refractivity (Wildman–Crippen MR) is 129 cm³/mol. The summed E-state index contributed by atoms with van der Waals surface area (Å²) in [7, 11) is 2.98. The number of phenols is 1. The number of phenolic OH excluding ortho intramolecular Hbond substituents is 1. The number of carbonyl (C=O) groups excluding carboxylic acids is 2. The van der Waals surface area contributed by atoms with Crippen LogP contribution in [-0.4, -0.2) is 72.1 Å². The van der Waals surface area contributed by atoms with Crippen LogP contribution in [-0.2, 0) is 9.59 Å². The molecule has 0 spiro atoms. The summed E-state index contributed by atoms with van der Waals surface area (Å²) >= 11 is 0. The van der Waals surface area contributed by atoms with E-state index in [1.54, 1.807) is 37.4 Å². The van der Waals surface area contributed by atoms with E-state index in [9.17, 15) is 19.8 Å². The molecule has 1 amide bonds. The van der Waals surface area contributed by atoms with E-state index in [1.807, 2.05) is 20.8 Å². The van der Waals surface area contributed by atoms with Gasteiger partial charge in [-0.05, 0) is 61.5 Å². The lowest BCUT2D eigenvalue weighted by Crippen LogP contribution is -2.38. The molecule has 1 saturated heterocycles. The number of rotatable bonds is 9. The van der Waals surface area contributed by atoms with Crippen molar-refractivity contribution in [2.45, 2.75) is 26.8 Å². The molecule has 0 radical (unpaired) electrons. The first kappa shape index (κ1) is 25.1. The maximum absolute atomic E-state index is 13.2. The molecule has 1 fully saturated rings. The van der Waals surface area contributed by atoms with Crippen LogP contribution in [0, 0.1) is 6.92 Å². The van der Waals surface area contributed by atoms with E-state index < -0.39 is 17.7 Å². The summed E-state index contributed by atoms with van der Waals surface area (Å²) in [6.07, 6.45) is 0. The van der Waals surface area contributed by atoms with E-state index in [4.69, 9.17) is 9.47 Å². The van der Waals surface area contributed by atoms with Crippen LogP contribution in [0.1, 0.15) is 36.6 Å². The molecule has 1 aliphatic rings. The predicted octanol–water partition coefficient (Wildman–Crippen LogP) is 3.48. The van der Waals surface area contributed by atoms with Gasteiger partial charge in [-0.15, -0.1) is 0 Å². The second-order valence-corrected chi connectivity index (χ2v) is 8.14.